The number of ether oxygens (including phenoxy) is 2. The predicted molar refractivity (Wildman–Crippen MR) is 55.5 cm³/mol. The van der Waals surface area contributed by atoms with E-state index in [2.05, 4.69) is 4.18 Å². The van der Waals surface area contributed by atoms with Gasteiger partial charge in [0.25, 0.3) is 10.1 Å². The number of hydrogen-bond donors (Lipinski definition) is 0. The lowest BCUT2D eigenvalue weighted by Gasteiger charge is -2.24. The molecule has 0 N–H and O–H groups in total. The Bertz CT molecular complexity index is 353. The van der Waals surface area contributed by atoms with E-state index in [9.17, 15) is 13.2 Å². The van der Waals surface area contributed by atoms with Crippen LogP contribution in [0.2, 0.25) is 0 Å². The van der Waals surface area contributed by atoms with Crippen LogP contribution in [0.1, 0.15) is 27.2 Å². The molecule has 1 heterocycles. The molecule has 1 aliphatic rings. The van der Waals surface area contributed by atoms with Crippen LogP contribution in [0.15, 0.2) is 0 Å². The third-order valence-electron chi connectivity index (χ3n) is 1.75. The number of carbonyl (C=O) groups is 1. The second-order valence-electron chi connectivity index (χ2n) is 4.54. The molecule has 1 aliphatic heterocycles. The van der Waals surface area contributed by atoms with Crippen LogP contribution in [-0.2, 0) is 23.8 Å². The highest BCUT2D eigenvalue weighted by atomic mass is 32.2. The van der Waals surface area contributed by atoms with E-state index in [1.165, 1.54) is 0 Å². The molecule has 0 aromatic carbocycles. The Morgan fingerprint density at radius 2 is 2.00 bits per heavy atom. The fraction of sp³-hybridized carbons (Fsp3) is 0.889. The normalized spacial score (nSPS) is 24.8. The van der Waals surface area contributed by atoms with Crippen molar-refractivity contribution < 1.29 is 26.9 Å². The SMILES string of the molecule is CC(C)(C)OC(=O)OC1CCOS(=O)(=O)C1. The molecule has 6 nitrogen and oxygen atoms in total. The second kappa shape index (κ2) is 4.58. The first-order valence-corrected chi connectivity index (χ1v) is 6.52. The Kier molecular flexibility index (Phi) is 3.80. The van der Waals surface area contributed by atoms with Crippen LogP contribution in [0.3, 0.4) is 0 Å². The van der Waals surface area contributed by atoms with Crippen molar-refractivity contribution in [3.05, 3.63) is 0 Å². The fourth-order valence-corrected chi connectivity index (χ4v) is 2.31. The van der Waals surface area contributed by atoms with E-state index < -0.39 is 28.0 Å². The molecule has 0 saturated carbocycles. The van der Waals surface area contributed by atoms with Gasteiger partial charge in [-0.2, -0.15) is 8.42 Å². The van der Waals surface area contributed by atoms with Gasteiger partial charge in [-0.1, -0.05) is 0 Å². The molecule has 0 aromatic heterocycles. The molecule has 7 heteroatoms. The van der Waals surface area contributed by atoms with Crippen molar-refractivity contribution in [1.29, 1.82) is 0 Å². The van der Waals surface area contributed by atoms with Gasteiger partial charge in [0.05, 0.1) is 6.61 Å². The van der Waals surface area contributed by atoms with E-state index in [1.54, 1.807) is 20.8 Å². The van der Waals surface area contributed by atoms with Gasteiger partial charge in [0.2, 0.25) is 0 Å². The lowest BCUT2D eigenvalue weighted by molar-refractivity contribution is -0.0280. The minimum absolute atomic E-state index is 0.0375. The topological polar surface area (TPSA) is 78.9 Å². The van der Waals surface area contributed by atoms with E-state index in [4.69, 9.17) is 9.47 Å². The van der Waals surface area contributed by atoms with Crippen molar-refractivity contribution in [1.82, 2.24) is 0 Å². The van der Waals surface area contributed by atoms with Crippen molar-refractivity contribution in [3.8, 4) is 0 Å². The molecule has 0 aromatic rings. The fourth-order valence-electron chi connectivity index (χ4n) is 1.17. The highest BCUT2D eigenvalue weighted by Crippen LogP contribution is 2.15. The molecule has 1 saturated heterocycles. The first-order valence-electron chi connectivity index (χ1n) is 4.95. The highest BCUT2D eigenvalue weighted by Gasteiger charge is 2.30. The summed E-state index contributed by atoms with van der Waals surface area (Å²) in [6.45, 7) is 5.15. The third kappa shape index (κ3) is 4.80. The average molecular weight is 252 g/mol. The second-order valence-corrected chi connectivity index (χ2v) is 6.22. The molecular weight excluding hydrogens is 236 g/mol. The van der Waals surface area contributed by atoms with Crippen molar-refractivity contribution in [2.75, 3.05) is 12.4 Å². The molecule has 0 amide bonds. The van der Waals surface area contributed by atoms with E-state index in [1.807, 2.05) is 0 Å². The Morgan fingerprint density at radius 3 is 2.50 bits per heavy atom. The first-order chi connectivity index (χ1) is 7.18. The Morgan fingerprint density at radius 1 is 1.38 bits per heavy atom. The van der Waals surface area contributed by atoms with Gasteiger partial charge in [0.15, 0.2) is 0 Å². The number of hydrogen-bond acceptors (Lipinski definition) is 6. The lowest BCUT2D eigenvalue weighted by Crippen LogP contribution is -2.36. The monoisotopic (exact) mass is 252 g/mol. The lowest BCUT2D eigenvalue weighted by atomic mass is 10.2. The summed E-state index contributed by atoms with van der Waals surface area (Å²) in [5.41, 5.74) is -0.652. The van der Waals surface area contributed by atoms with Crippen molar-refractivity contribution in [2.24, 2.45) is 0 Å². The quantitative estimate of drug-likeness (QED) is 0.513. The summed E-state index contributed by atoms with van der Waals surface area (Å²) in [6.07, 6.45) is -1.18. The largest absolute Gasteiger partial charge is 0.509 e. The van der Waals surface area contributed by atoms with E-state index in [-0.39, 0.29) is 12.4 Å². The van der Waals surface area contributed by atoms with E-state index >= 15 is 0 Å². The third-order valence-corrected chi connectivity index (χ3v) is 3.05. The van der Waals surface area contributed by atoms with Crippen molar-refractivity contribution in [3.63, 3.8) is 0 Å². The summed E-state index contributed by atoms with van der Waals surface area (Å²) in [4.78, 5) is 11.3. The highest BCUT2D eigenvalue weighted by molar-refractivity contribution is 7.86. The van der Waals surface area contributed by atoms with Gasteiger partial charge in [0.1, 0.15) is 17.5 Å². The summed E-state index contributed by atoms with van der Waals surface area (Å²) in [6, 6.07) is 0. The maximum atomic E-state index is 11.3. The van der Waals surface area contributed by atoms with Crippen LogP contribution in [0.25, 0.3) is 0 Å². The standard InChI is InChI=1S/C9H16O6S/c1-9(2,3)15-8(10)14-7-4-5-13-16(11,12)6-7/h7H,4-6H2,1-3H3. The Labute approximate surface area is 95.0 Å². The summed E-state index contributed by atoms with van der Waals surface area (Å²) in [7, 11) is -3.55. The molecular formula is C9H16O6S. The van der Waals surface area contributed by atoms with Crippen LogP contribution in [0, 0.1) is 0 Å². The maximum Gasteiger partial charge on any atom is 0.509 e. The van der Waals surface area contributed by atoms with Gasteiger partial charge in [-0.25, -0.2) is 4.79 Å². The van der Waals surface area contributed by atoms with Gasteiger partial charge in [-0.15, -0.1) is 0 Å². The van der Waals surface area contributed by atoms with Gasteiger partial charge in [-0.3, -0.25) is 4.18 Å². The molecule has 16 heavy (non-hydrogen) atoms. The Balaban J connectivity index is 2.46. The van der Waals surface area contributed by atoms with Gasteiger partial charge in [-0.05, 0) is 20.8 Å². The van der Waals surface area contributed by atoms with Crippen LogP contribution in [0.5, 0.6) is 0 Å². The Hall–Kier alpha value is -0.820. The number of rotatable bonds is 1. The zero-order valence-electron chi connectivity index (χ0n) is 9.56. The van der Waals surface area contributed by atoms with Crippen LogP contribution in [0.4, 0.5) is 4.79 Å². The van der Waals surface area contributed by atoms with Gasteiger partial charge >= 0.3 is 6.16 Å². The molecule has 1 fully saturated rings. The first kappa shape index (κ1) is 13.2. The molecule has 0 spiro atoms. The summed E-state index contributed by atoms with van der Waals surface area (Å²) in [5.74, 6) is -0.313. The van der Waals surface area contributed by atoms with Crippen LogP contribution in [-0.4, -0.2) is 38.6 Å². The molecule has 0 aliphatic carbocycles. The summed E-state index contributed by atoms with van der Waals surface area (Å²) >= 11 is 0. The maximum absolute atomic E-state index is 11.3. The van der Waals surface area contributed by atoms with E-state index in [0.717, 1.165) is 0 Å². The number of carbonyl (C=O) groups excluding carboxylic acids is 1. The molecule has 1 atom stereocenters. The minimum Gasteiger partial charge on any atom is -0.430 e. The predicted octanol–water partition coefficient (Wildman–Crippen LogP) is 1.06. The summed E-state index contributed by atoms with van der Waals surface area (Å²) < 4.78 is 36.5. The van der Waals surface area contributed by atoms with E-state index in [0.29, 0.717) is 6.42 Å². The molecule has 0 radical (unpaired) electrons. The van der Waals surface area contributed by atoms with Crippen molar-refractivity contribution >= 4 is 16.3 Å². The zero-order chi connectivity index (χ0) is 12.4. The zero-order valence-corrected chi connectivity index (χ0v) is 10.4. The minimum atomic E-state index is -3.55. The smallest absolute Gasteiger partial charge is 0.430 e. The summed E-state index contributed by atoms with van der Waals surface area (Å²) in [5, 5.41) is 0. The van der Waals surface area contributed by atoms with Crippen molar-refractivity contribution in [2.45, 2.75) is 38.9 Å². The average Bonchev–Trinajstić information content (AvgIpc) is 1.96. The molecule has 1 rings (SSSR count). The van der Waals surface area contributed by atoms with Gasteiger partial charge in [0, 0.05) is 6.42 Å². The van der Waals surface area contributed by atoms with Crippen LogP contribution >= 0.6 is 0 Å². The molecule has 1 unspecified atom stereocenters. The van der Waals surface area contributed by atoms with Gasteiger partial charge < -0.3 is 9.47 Å². The molecule has 0 bridgehead atoms. The van der Waals surface area contributed by atoms with Crippen LogP contribution < -0.4 is 0 Å². The molecule has 94 valence electrons.